The van der Waals surface area contributed by atoms with Crippen molar-refractivity contribution >= 4 is 11.6 Å². The van der Waals surface area contributed by atoms with Crippen molar-refractivity contribution in [3.63, 3.8) is 0 Å². The fraction of sp³-hybridized carbons (Fsp3) is 0. The third-order valence-corrected chi connectivity index (χ3v) is 1.18. The van der Waals surface area contributed by atoms with Gasteiger partial charge in [-0.25, -0.2) is 0 Å². The van der Waals surface area contributed by atoms with Crippen LogP contribution in [-0.4, -0.2) is 0 Å². The van der Waals surface area contributed by atoms with Crippen molar-refractivity contribution in [3.8, 4) is 0 Å². The van der Waals surface area contributed by atoms with Gasteiger partial charge < -0.3 is 0 Å². The molecule has 0 N–H and O–H groups in total. The molecule has 0 fully saturated rings. The quantitative estimate of drug-likeness (QED) is 0.370. The first kappa shape index (κ1) is 9.38. The monoisotopic (exact) mass is 148 g/mol. The van der Waals surface area contributed by atoms with Gasteiger partial charge in [0, 0.05) is 0 Å². The predicted molar refractivity (Wildman–Crippen MR) is 35.7 cm³/mol. The van der Waals surface area contributed by atoms with E-state index < -0.39 is 0 Å². The molecule has 0 aliphatic heterocycles. The summed E-state index contributed by atoms with van der Waals surface area (Å²) in [6.07, 6.45) is 0. The van der Waals surface area contributed by atoms with E-state index in [4.69, 9.17) is 11.6 Å². The molecule has 0 bridgehead atoms. The normalized spacial score (nSPS) is 7.67. The average molecular weight is 149 g/mol. The Morgan fingerprint density at radius 2 is 1.67 bits per heavy atom. The zero-order valence-electron chi connectivity index (χ0n) is 5.34. The molecule has 0 saturated heterocycles. The van der Waals surface area contributed by atoms with Crippen LogP contribution < -0.4 is 29.6 Å². The molecule has 1 rings (SSSR count). The molecule has 0 radical (unpaired) electrons. The second-order valence-electron chi connectivity index (χ2n) is 1.52. The third-order valence-electron chi connectivity index (χ3n) is 0.926. The Kier molecular flexibility index (Phi) is 5.41. The first-order valence-corrected chi connectivity index (χ1v) is 2.85. The summed E-state index contributed by atoms with van der Waals surface area (Å²) < 4.78 is 0. The molecule has 0 unspecified atom stereocenters. The van der Waals surface area contributed by atoms with Crippen LogP contribution in [0.5, 0.6) is 0 Å². The van der Waals surface area contributed by atoms with Crippen molar-refractivity contribution in [3.05, 3.63) is 41.8 Å². The van der Waals surface area contributed by atoms with Crippen molar-refractivity contribution in [2.75, 3.05) is 0 Å². The van der Waals surface area contributed by atoms with Crippen LogP contribution in [0.2, 0.25) is 0 Å². The molecular formula is C7H6ClNa. The van der Waals surface area contributed by atoms with Crippen LogP contribution in [0, 0.1) is 5.88 Å². The number of rotatable bonds is 1. The molecule has 0 saturated carbocycles. The Balaban J connectivity index is 0.000000640. The summed E-state index contributed by atoms with van der Waals surface area (Å²) in [4.78, 5) is 0. The second-order valence-corrected chi connectivity index (χ2v) is 1.74. The largest absolute Gasteiger partial charge is 1.00 e. The fourth-order valence-corrected chi connectivity index (χ4v) is 0.671. The zero-order valence-corrected chi connectivity index (χ0v) is 8.10. The summed E-state index contributed by atoms with van der Waals surface area (Å²) in [7, 11) is 0. The van der Waals surface area contributed by atoms with Gasteiger partial charge in [-0.1, -0.05) is 11.9 Å². The molecule has 9 heavy (non-hydrogen) atoms. The summed E-state index contributed by atoms with van der Waals surface area (Å²) in [5, 5.41) is 0. The molecule has 0 aromatic heterocycles. The van der Waals surface area contributed by atoms with Crippen LogP contribution in [0.1, 0.15) is 5.56 Å². The number of hydrogen-bond acceptors (Lipinski definition) is 0. The van der Waals surface area contributed by atoms with Crippen LogP contribution in [0.25, 0.3) is 0 Å². The van der Waals surface area contributed by atoms with Gasteiger partial charge in [-0.15, -0.1) is 12.1 Å². The van der Waals surface area contributed by atoms with Gasteiger partial charge in [0.2, 0.25) is 0 Å². The smallest absolute Gasteiger partial charge is 0.177 e. The molecule has 0 nitrogen and oxygen atoms in total. The topological polar surface area (TPSA) is 0 Å². The van der Waals surface area contributed by atoms with E-state index in [1.165, 1.54) is 0 Å². The first-order chi connectivity index (χ1) is 3.93. The molecule has 1 aromatic rings. The third kappa shape index (κ3) is 3.17. The van der Waals surface area contributed by atoms with E-state index in [-0.39, 0.29) is 29.6 Å². The van der Waals surface area contributed by atoms with E-state index in [1.54, 1.807) is 5.88 Å². The summed E-state index contributed by atoms with van der Waals surface area (Å²) in [6, 6.07) is 9.77. The Hall–Kier alpha value is 0.380. The Morgan fingerprint density at radius 3 is 2.00 bits per heavy atom. The van der Waals surface area contributed by atoms with Crippen LogP contribution in [0.15, 0.2) is 30.3 Å². The van der Waals surface area contributed by atoms with Gasteiger partial charge in [-0.3, -0.25) is 0 Å². The molecule has 1 aromatic carbocycles. The van der Waals surface area contributed by atoms with Gasteiger partial charge in [0.05, 0.1) is 0 Å². The van der Waals surface area contributed by atoms with Crippen molar-refractivity contribution < 1.29 is 29.6 Å². The summed E-state index contributed by atoms with van der Waals surface area (Å²) in [5.41, 5.74) is 1.05. The van der Waals surface area contributed by atoms with E-state index in [2.05, 4.69) is 0 Å². The van der Waals surface area contributed by atoms with Gasteiger partial charge in [-0.05, 0) is 0 Å². The van der Waals surface area contributed by atoms with Crippen molar-refractivity contribution in [2.24, 2.45) is 0 Å². The summed E-state index contributed by atoms with van der Waals surface area (Å²) >= 11 is 5.40. The van der Waals surface area contributed by atoms with Crippen molar-refractivity contribution in [1.29, 1.82) is 0 Å². The van der Waals surface area contributed by atoms with Gasteiger partial charge in [0.1, 0.15) is 0 Å². The van der Waals surface area contributed by atoms with E-state index in [0.717, 1.165) is 5.56 Å². The van der Waals surface area contributed by atoms with Crippen molar-refractivity contribution in [2.45, 2.75) is 0 Å². The van der Waals surface area contributed by atoms with E-state index in [1.807, 2.05) is 30.3 Å². The molecule has 0 spiro atoms. The van der Waals surface area contributed by atoms with Crippen LogP contribution in [-0.2, 0) is 0 Å². The van der Waals surface area contributed by atoms with Crippen LogP contribution in [0.4, 0.5) is 0 Å². The van der Waals surface area contributed by atoms with E-state index in [9.17, 15) is 0 Å². The maximum Gasteiger partial charge on any atom is 1.00 e. The molecular weight excluding hydrogens is 143 g/mol. The van der Waals surface area contributed by atoms with E-state index >= 15 is 0 Å². The van der Waals surface area contributed by atoms with Crippen molar-refractivity contribution in [1.82, 2.24) is 0 Å². The fourth-order valence-electron chi connectivity index (χ4n) is 0.526. The first-order valence-electron chi connectivity index (χ1n) is 2.42. The average Bonchev–Trinajstić information content (AvgIpc) is 1.90. The van der Waals surface area contributed by atoms with Crippen LogP contribution >= 0.6 is 11.6 Å². The summed E-state index contributed by atoms with van der Waals surface area (Å²) in [6.45, 7) is 0. The maximum atomic E-state index is 5.40. The predicted octanol–water partition coefficient (Wildman–Crippen LogP) is -0.561. The number of halogens is 1. The molecule has 0 atom stereocenters. The standard InChI is InChI=1S/C7H6Cl.Na/c8-6-7-4-2-1-3-5-7;/h1-6H;/q-1;+1. The maximum absolute atomic E-state index is 5.40. The molecule has 0 heterocycles. The van der Waals surface area contributed by atoms with Gasteiger partial charge in [0.25, 0.3) is 0 Å². The number of hydrogen-bond donors (Lipinski definition) is 0. The molecule has 2 heteroatoms. The minimum atomic E-state index is 0. The molecule has 42 valence electrons. The van der Waals surface area contributed by atoms with E-state index in [0.29, 0.717) is 0 Å². The minimum Gasteiger partial charge on any atom is -0.177 e. The molecule has 0 amide bonds. The Bertz CT molecular complexity index is 150. The van der Waals surface area contributed by atoms with Crippen LogP contribution in [0.3, 0.4) is 0 Å². The zero-order chi connectivity index (χ0) is 5.82. The summed E-state index contributed by atoms with van der Waals surface area (Å²) in [5.74, 6) is 1.56. The Morgan fingerprint density at radius 1 is 1.11 bits per heavy atom. The van der Waals surface area contributed by atoms with Gasteiger partial charge in [-0.2, -0.15) is 29.3 Å². The molecule has 0 aliphatic carbocycles. The van der Waals surface area contributed by atoms with Gasteiger partial charge >= 0.3 is 29.6 Å². The van der Waals surface area contributed by atoms with Gasteiger partial charge in [0.15, 0.2) is 0 Å². The SMILES string of the molecule is Cl[CH-]c1ccccc1.[Na+]. The molecule has 0 aliphatic rings. The minimum absolute atomic E-state index is 0. The number of benzene rings is 1. The second kappa shape index (κ2) is 5.19. The Labute approximate surface area is 82.5 Å².